The van der Waals surface area contributed by atoms with Gasteiger partial charge in [-0.15, -0.1) is 0 Å². The third-order valence-electron chi connectivity index (χ3n) is 4.08. The van der Waals surface area contributed by atoms with E-state index < -0.39 is 18.0 Å². The van der Waals surface area contributed by atoms with E-state index in [1.165, 1.54) is 19.1 Å². The van der Waals surface area contributed by atoms with Gasteiger partial charge in [0.15, 0.2) is 6.10 Å². The van der Waals surface area contributed by atoms with Crippen LogP contribution in [-0.2, 0) is 14.3 Å². The van der Waals surface area contributed by atoms with Gasteiger partial charge in [0.05, 0.1) is 0 Å². The highest BCUT2D eigenvalue weighted by atomic mass is 16.5. The van der Waals surface area contributed by atoms with Gasteiger partial charge in [0.1, 0.15) is 11.5 Å². The number of amides is 1. The molecule has 1 amide bonds. The molecule has 0 saturated heterocycles. The van der Waals surface area contributed by atoms with Gasteiger partial charge in [0.25, 0.3) is 5.91 Å². The fraction of sp³-hybridized carbons (Fsp3) is 0.130. The summed E-state index contributed by atoms with van der Waals surface area (Å²) in [5.41, 5.74) is 2.53. The molecular formula is C23H21NO4. The number of esters is 1. The Labute approximate surface area is 163 Å². The van der Waals surface area contributed by atoms with Crippen LogP contribution in [0.3, 0.4) is 0 Å². The molecule has 28 heavy (non-hydrogen) atoms. The molecule has 1 aromatic heterocycles. The highest BCUT2D eigenvalue weighted by molar-refractivity contribution is 5.99. The second-order valence-corrected chi connectivity index (χ2v) is 6.26. The van der Waals surface area contributed by atoms with Gasteiger partial charge in [0.2, 0.25) is 0 Å². The van der Waals surface area contributed by atoms with Crippen molar-refractivity contribution in [2.75, 3.05) is 5.32 Å². The van der Waals surface area contributed by atoms with E-state index in [9.17, 15) is 9.59 Å². The van der Waals surface area contributed by atoms with Crippen molar-refractivity contribution in [1.29, 1.82) is 0 Å². The summed E-state index contributed by atoms with van der Waals surface area (Å²) in [6.45, 7) is 3.35. The molecule has 0 aliphatic carbocycles. The normalized spacial score (nSPS) is 11.9. The van der Waals surface area contributed by atoms with Gasteiger partial charge in [0, 0.05) is 17.3 Å². The van der Waals surface area contributed by atoms with Gasteiger partial charge in [-0.25, -0.2) is 4.79 Å². The number of hydrogen-bond donors (Lipinski definition) is 1. The van der Waals surface area contributed by atoms with Crippen LogP contribution < -0.4 is 5.32 Å². The number of ether oxygens (including phenoxy) is 1. The number of carbonyl (C=O) groups is 2. The van der Waals surface area contributed by atoms with E-state index in [1.54, 1.807) is 12.1 Å². The number of benzene rings is 2. The number of rotatable bonds is 6. The lowest BCUT2D eigenvalue weighted by molar-refractivity contribution is -0.148. The second kappa shape index (κ2) is 8.86. The molecule has 1 heterocycles. The Morgan fingerprint density at radius 3 is 2.43 bits per heavy atom. The highest BCUT2D eigenvalue weighted by Crippen LogP contribution is 2.27. The molecule has 3 aromatic rings. The number of carbonyl (C=O) groups excluding carboxylic acids is 2. The van der Waals surface area contributed by atoms with E-state index in [-0.39, 0.29) is 0 Å². The van der Waals surface area contributed by atoms with E-state index in [0.717, 1.165) is 16.9 Å². The maximum atomic E-state index is 12.5. The Bertz CT molecular complexity index is 989. The molecule has 1 N–H and O–H groups in total. The molecular weight excluding hydrogens is 354 g/mol. The third kappa shape index (κ3) is 4.98. The summed E-state index contributed by atoms with van der Waals surface area (Å²) in [5.74, 6) is 0.271. The van der Waals surface area contributed by atoms with Crippen molar-refractivity contribution in [3.8, 4) is 11.1 Å². The van der Waals surface area contributed by atoms with Crippen LogP contribution in [0.25, 0.3) is 17.2 Å². The first kappa shape index (κ1) is 19.2. The summed E-state index contributed by atoms with van der Waals surface area (Å²) in [7, 11) is 0. The number of para-hydroxylation sites is 1. The summed E-state index contributed by atoms with van der Waals surface area (Å²) < 4.78 is 10.5. The molecule has 2 aromatic carbocycles. The SMILES string of the molecule is Cc1ccc(/C=C/C(=O)OC(C)C(=O)Nc2ccccc2-c2ccccc2)o1. The maximum absolute atomic E-state index is 12.5. The largest absolute Gasteiger partial charge is 0.462 e. The van der Waals surface area contributed by atoms with E-state index >= 15 is 0 Å². The van der Waals surface area contributed by atoms with E-state index in [0.29, 0.717) is 11.4 Å². The molecule has 0 aliphatic rings. The Balaban J connectivity index is 1.63. The van der Waals surface area contributed by atoms with Gasteiger partial charge in [-0.1, -0.05) is 48.5 Å². The third-order valence-corrected chi connectivity index (χ3v) is 4.08. The minimum absolute atomic E-state index is 0.404. The molecule has 142 valence electrons. The number of aryl methyl sites for hydroxylation is 1. The van der Waals surface area contributed by atoms with Crippen LogP contribution >= 0.6 is 0 Å². The molecule has 0 aliphatic heterocycles. The van der Waals surface area contributed by atoms with Crippen molar-refractivity contribution < 1.29 is 18.7 Å². The zero-order valence-electron chi connectivity index (χ0n) is 15.7. The van der Waals surface area contributed by atoms with Crippen LogP contribution in [0.4, 0.5) is 5.69 Å². The fourth-order valence-electron chi connectivity index (χ4n) is 2.66. The molecule has 0 bridgehead atoms. The minimum atomic E-state index is -0.945. The van der Waals surface area contributed by atoms with E-state index in [4.69, 9.17) is 9.15 Å². The Morgan fingerprint density at radius 2 is 1.71 bits per heavy atom. The molecule has 3 rings (SSSR count). The zero-order chi connectivity index (χ0) is 19.9. The molecule has 1 unspecified atom stereocenters. The Morgan fingerprint density at radius 1 is 1.00 bits per heavy atom. The van der Waals surface area contributed by atoms with Crippen LogP contribution in [0, 0.1) is 6.92 Å². The molecule has 5 nitrogen and oxygen atoms in total. The smallest absolute Gasteiger partial charge is 0.331 e. The zero-order valence-corrected chi connectivity index (χ0v) is 15.7. The summed E-state index contributed by atoms with van der Waals surface area (Å²) in [4.78, 5) is 24.4. The lowest BCUT2D eigenvalue weighted by atomic mass is 10.0. The van der Waals surface area contributed by atoms with Gasteiger partial charge in [-0.2, -0.15) is 0 Å². The van der Waals surface area contributed by atoms with Crippen LogP contribution in [0.5, 0.6) is 0 Å². The van der Waals surface area contributed by atoms with Crippen molar-refractivity contribution in [3.63, 3.8) is 0 Å². The van der Waals surface area contributed by atoms with Crippen molar-refractivity contribution in [2.45, 2.75) is 20.0 Å². The lowest BCUT2D eigenvalue weighted by Gasteiger charge is -2.15. The first-order chi connectivity index (χ1) is 13.5. The standard InChI is InChI=1S/C23H21NO4/c1-16-12-13-19(27-16)14-15-22(25)28-17(2)23(26)24-21-11-7-6-10-20(21)18-8-4-3-5-9-18/h3-15,17H,1-2H3,(H,24,26)/b15-14+. The second-order valence-electron chi connectivity index (χ2n) is 6.26. The molecule has 1 atom stereocenters. The first-order valence-corrected chi connectivity index (χ1v) is 8.93. The molecule has 0 spiro atoms. The highest BCUT2D eigenvalue weighted by Gasteiger charge is 2.18. The summed E-state index contributed by atoms with van der Waals surface area (Å²) >= 11 is 0. The number of nitrogens with one attached hydrogen (secondary N) is 1. The Kier molecular flexibility index (Phi) is 6.07. The molecule has 0 radical (unpaired) electrons. The predicted molar refractivity (Wildman–Crippen MR) is 109 cm³/mol. The maximum Gasteiger partial charge on any atom is 0.331 e. The van der Waals surface area contributed by atoms with Gasteiger partial charge >= 0.3 is 5.97 Å². The van der Waals surface area contributed by atoms with Crippen molar-refractivity contribution >= 4 is 23.6 Å². The molecule has 5 heteroatoms. The van der Waals surface area contributed by atoms with Crippen molar-refractivity contribution in [1.82, 2.24) is 0 Å². The van der Waals surface area contributed by atoms with Gasteiger partial charge in [-0.05, 0) is 43.7 Å². The van der Waals surface area contributed by atoms with Crippen LogP contribution in [0.15, 0.2) is 77.2 Å². The predicted octanol–water partition coefficient (Wildman–Crippen LogP) is 4.84. The van der Waals surface area contributed by atoms with E-state index in [1.807, 2.05) is 61.5 Å². The summed E-state index contributed by atoms with van der Waals surface area (Å²) in [6, 6.07) is 20.8. The lowest BCUT2D eigenvalue weighted by Crippen LogP contribution is -2.29. The van der Waals surface area contributed by atoms with Crippen molar-refractivity contribution in [3.05, 3.63) is 84.3 Å². The average molecular weight is 375 g/mol. The van der Waals surface area contributed by atoms with Crippen LogP contribution in [0.2, 0.25) is 0 Å². The quantitative estimate of drug-likeness (QED) is 0.494. The van der Waals surface area contributed by atoms with Gasteiger partial charge < -0.3 is 14.5 Å². The number of furan rings is 1. The van der Waals surface area contributed by atoms with Crippen LogP contribution in [-0.4, -0.2) is 18.0 Å². The fourth-order valence-corrected chi connectivity index (χ4v) is 2.66. The first-order valence-electron chi connectivity index (χ1n) is 8.93. The van der Waals surface area contributed by atoms with Crippen LogP contribution in [0.1, 0.15) is 18.4 Å². The molecule has 0 saturated carbocycles. The minimum Gasteiger partial charge on any atom is -0.462 e. The van der Waals surface area contributed by atoms with Gasteiger partial charge in [-0.3, -0.25) is 4.79 Å². The monoisotopic (exact) mass is 375 g/mol. The Hall–Kier alpha value is -3.60. The number of hydrogen-bond acceptors (Lipinski definition) is 4. The van der Waals surface area contributed by atoms with E-state index in [2.05, 4.69) is 5.32 Å². The number of anilines is 1. The van der Waals surface area contributed by atoms with Crippen molar-refractivity contribution in [2.24, 2.45) is 0 Å². The average Bonchev–Trinajstić information content (AvgIpc) is 3.12. The summed E-state index contributed by atoms with van der Waals surface area (Å²) in [6.07, 6.45) is 1.80. The molecule has 0 fully saturated rings. The topological polar surface area (TPSA) is 68.5 Å². The summed E-state index contributed by atoms with van der Waals surface area (Å²) in [5, 5.41) is 2.83.